The summed E-state index contributed by atoms with van der Waals surface area (Å²) in [7, 11) is 1.72. The Hall–Kier alpha value is -2.42. The molecule has 0 saturated carbocycles. The van der Waals surface area contributed by atoms with Crippen molar-refractivity contribution in [1.82, 2.24) is 24.3 Å². The van der Waals surface area contributed by atoms with Crippen LogP contribution in [0.3, 0.4) is 0 Å². The quantitative estimate of drug-likeness (QED) is 0.735. The van der Waals surface area contributed by atoms with Gasteiger partial charge in [0.15, 0.2) is 4.77 Å². The molecule has 0 aromatic carbocycles. The second-order valence-corrected chi connectivity index (χ2v) is 6.11. The minimum atomic E-state index is -2.82. The average Bonchev–Trinajstić information content (AvgIpc) is 2.92. The summed E-state index contributed by atoms with van der Waals surface area (Å²) in [4.78, 5) is 19.1. The molecule has 0 aliphatic carbocycles. The Balaban J connectivity index is 2.49. The standard InChI is InChI=1S/C15H15F2N5OS/c1-7(2)22-13-11(14(23)20-15(22)24)9(12(16)17)4-10(19-13)8-5-18-21(3)6-8/h4-7,12H,1-3H3,(H,20,23,24). The van der Waals surface area contributed by atoms with Crippen molar-refractivity contribution in [2.75, 3.05) is 0 Å². The zero-order valence-electron chi connectivity index (χ0n) is 13.2. The Morgan fingerprint density at radius 1 is 1.33 bits per heavy atom. The number of nitrogens with one attached hydrogen (secondary N) is 1. The van der Waals surface area contributed by atoms with Crippen LogP contribution in [-0.4, -0.2) is 24.3 Å². The van der Waals surface area contributed by atoms with Gasteiger partial charge in [0.25, 0.3) is 12.0 Å². The van der Waals surface area contributed by atoms with Crippen LogP contribution in [-0.2, 0) is 7.05 Å². The van der Waals surface area contributed by atoms with Crippen molar-refractivity contribution in [3.63, 3.8) is 0 Å². The van der Waals surface area contributed by atoms with Crippen molar-refractivity contribution in [3.8, 4) is 11.3 Å². The maximum atomic E-state index is 13.6. The summed E-state index contributed by atoms with van der Waals surface area (Å²) in [5, 5.41) is 3.90. The fourth-order valence-electron chi connectivity index (χ4n) is 2.63. The van der Waals surface area contributed by atoms with E-state index in [9.17, 15) is 13.6 Å². The van der Waals surface area contributed by atoms with Crippen LogP contribution in [0.4, 0.5) is 8.78 Å². The highest BCUT2D eigenvalue weighted by molar-refractivity contribution is 7.71. The molecule has 0 radical (unpaired) electrons. The number of hydrogen-bond acceptors (Lipinski definition) is 4. The molecule has 0 aliphatic heterocycles. The van der Waals surface area contributed by atoms with E-state index in [2.05, 4.69) is 15.1 Å². The Kier molecular flexibility index (Phi) is 4.04. The van der Waals surface area contributed by atoms with E-state index in [0.717, 1.165) is 0 Å². The van der Waals surface area contributed by atoms with Crippen LogP contribution in [0.15, 0.2) is 23.3 Å². The number of aromatic amines is 1. The van der Waals surface area contributed by atoms with E-state index in [1.807, 2.05) is 13.8 Å². The molecule has 3 aromatic heterocycles. The number of aryl methyl sites for hydroxylation is 1. The van der Waals surface area contributed by atoms with Gasteiger partial charge < -0.3 is 0 Å². The number of nitrogens with zero attached hydrogens (tertiary/aromatic N) is 4. The summed E-state index contributed by atoms with van der Waals surface area (Å²) >= 11 is 5.18. The minimum absolute atomic E-state index is 0.139. The molecule has 0 fully saturated rings. The second kappa shape index (κ2) is 5.90. The van der Waals surface area contributed by atoms with Crippen LogP contribution in [0.25, 0.3) is 22.3 Å². The lowest BCUT2D eigenvalue weighted by Gasteiger charge is -2.16. The topological polar surface area (TPSA) is 68.5 Å². The first kappa shape index (κ1) is 16.4. The van der Waals surface area contributed by atoms with Crippen LogP contribution >= 0.6 is 12.2 Å². The predicted molar refractivity (Wildman–Crippen MR) is 88.7 cm³/mol. The number of alkyl halides is 2. The van der Waals surface area contributed by atoms with Crippen LogP contribution in [0.1, 0.15) is 31.9 Å². The van der Waals surface area contributed by atoms with Crippen LogP contribution in [0, 0.1) is 4.77 Å². The maximum Gasteiger partial charge on any atom is 0.264 e. The lowest BCUT2D eigenvalue weighted by Crippen LogP contribution is -2.19. The van der Waals surface area contributed by atoms with Gasteiger partial charge in [0.05, 0.1) is 17.3 Å². The van der Waals surface area contributed by atoms with Crippen LogP contribution in [0.2, 0.25) is 0 Å². The van der Waals surface area contributed by atoms with Gasteiger partial charge >= 0.3 is 0 Å². The first-order valence-electron chi connectivity index (χ1n) is 7.26. The first-order valence-corrected chi connectivity index (χ1v) is 7.67. The van der Waals surface area contributed by atoms with E-state index >= 15 is 0 Å². The molecule has 9 heteroatoms. The van der Waals surface area contributed by atoms with Gasteiger partial charge in [0, 0.05) is 30.4 Å². The van der Waals surface area contributed by atoms with Gasteiger partial charge in [0.2, 0.25) is 0 Å². The predicted octanol–water partition coefficient (Wildman–Crippen LogP) is 3.37. The zero-order valence-corrected chi connectivity index (χ0v) is 14.1. The SMILES string of the molecule is CC(C)n1c(=S)[nH]c(=O)c2c(C(F)F)cc(-c3cnn(C)c3)nc21. The van der Waals surface area contributed by atoms with E-state index < -0.39 is 12.0 Å². The summed E-state index contributed by atoms with van der Waals surface area (Å²) in [5.41, 5.74) is 0.0236. The highest BCUT2D eigenvalue weighted by atomic mass is 32.1. The molecule has 0 saturated heterocycles. The molecule has 0 aliphatic rings. The Labute approximate surface area is 140 Å². The summed E-state index contributed by atoms with van der Waals surface area (Å²) in [6.07, 6.45) is 0.388. The van der Waals surface area contributed by atoms with Gasteiger partial charge in [-0.1, -0.05) is 0 Å². The van der Waals surface area contributed by atoms with Gasteiger partial charge in [-0.15, -0.1) is 0 Å². The smallest absolute Gasteiger partial charge is 0.264 e. The molecule has 3 heterocycles. The van der Waals surface area contributed by atoms with Gasteiger partial charge in [-0.25, -0.2) is 13.8 Å². The fraction of sp³-hybridized carbons (Fsp3) is 0.333. The molecular formula is C15H15F2N5OS. The summed E-state index contributed by atoms with van der Waals surface area (Å²) < 4.78 is 30.4. The fourth-order valence-corrected chi connectivity index (χ4v) is 3.02. The van der Waals surface area contributed by atoms with Crippen molar-refractivity contribution >= 4 is 23.3 Å². The third-order valence-electron chi connectivity index (χ3n) is 3.68. The number of halogens is 2. The lowest BCUT2D eigenvalue weighted by molar-refractivity contribution is 0.153. The molecule has 1 N–H and O–H groups in total. The van der Waals surface area contributed by atoms with E-state index in [4.69, 9.17) is 12.2 Å². The Bertz CT molecular complexity index is 1030. The monoisotopic (exact) mass is 351 g/mol. The molecule has 0 amide bonds. The largest absolute Gasteiger partial charge is 0.300 e. The number of fused-ring (bicyclic) bond motifs is 1. The van der Waals surface area contributed by atoms with E-state index in [-0.39, 0.29) is 27.4 Å². The number of pyridine rings is 1. The molecule has 126 valence electrons. The third-order valence-corrected chi connectivity index (χ3v) is 3.98. The molecule has 0 bridgehead atoms. The summed E-state index contributed by atoms with van der Waals surface area (Å²) in [6, 6.07) is 1.08. The van der Waals surface area contributed by atoms with Crippen molar-refractivity contribution in [3.05, 3.63) is 39.1 Å². The van der Waals surface area contributed by atoms with Crippen molar-refractivity contribution in [2.24, 2.45) is 7.05 Å². The van der Waals surface area contributed by atoms with Crippen LogP contribution < -0.4 is 5.56 Å². The molecule has 0 atom stereocenters. The highest BCUT2D eigenvalue weighted by Gasteiger charge is 2.21. The Morgan fingerprint density at radius 3 is 2.58 bits per heavy atom. The van der Waals surface area contributed by atoms with E-state index in [1.165, 1.54) is 12.3 Å². The molecule has 3 rings (SSSR count). The maximum absolute atomic E-state index is 13.6. The zero-order chi connectivity index (χ0) is 17.6. The second-order valence-electron chi connectivity index (χ2n) is 5.72. The molecule has 3 aromatic rings. The average molecular weight is 351 g/mol. The van der Waals surface area contributed by atoms with Crippen molar-refractivity contribution < 1.29 is 8.78 Å². The molecule has 24 heavy (non-hydrogen) atoms. The summed E-state index contributed by atoms with van der Waals surface area (Å²) in [6.45, 7) is 3.68. The van der Waals surface area contributed by atoms with Gasteiger partial charge in [-0.2, -0.15) is 5.10 Å². The molecule has 6 nitrogen and oxygen atoms in total. The van der Waals surface area contributed by atoms with E-state index in [1.54, 1.807) is 22.5 Å². The minimum Gasteiger partial charge on any atom is -0.300 e. The normalized spacial score (nSPS) is 11.8. The third kappa shape index (κ3) is 2.64. The number of aromatic nitrogens is 5. The number of hydrogen-bond donors (Lipinski definition) is 1. The molecule has 0 spiro atoms. The number of rotatable bonds is 3. The molecule has 0 unspecified atom stereocenters. The summed E-state index contributed by atoms with van der Waals surface area (Å²) in [5.74, 6) is 0. The van der Waals surface area contributed by atoms with Crippen molar-refractivity contribution in [1.29, 1.82) is 0 Å². The van der Waals surface area contributed by atoms with Gasteiger partial charge in [-0.3, -0.25) is 19.0 Å². The Morgan fingerprint density at radius 2 is 2.04 bits per heavy atom. The van der Waals surface area contributed by atoms with Crippen molar-refractivity contribution in [2.45, 2.75) is 26.3 Å². The number of H-pyrrole nitrogens is 1. The lowest BCUT2D eigenvalue weighted by atomic mass is 10.1. The van der Waals surface area contributed by atoms with E-state index in [0.29, 0.717) is 11.3 Å². The highest BCUT2D eigenvalue weighted by Crippen LogP contribution is 2.30. The molecular weight excluding hydrogens is 336 g/mol. The van der Waals surface area contributed by atoms with Gasteiger partial charge in [0.1, 0.15) is 5.65 Å². The van der Waals surface area contributed by atoms with Crippen LogP contribution in [0.5, 0.6) is 0 Å². The van der Waals surface area contributed by atoms with Gasteiger partial charge in [-0.05, 0) is 32.1 Å². The first-order chi connectivity index (χ1) is 11.3.